The maximum Gasteiger partial charge on any atom is 0.418 e. The van der Waals surface area contributed by atoms with Gasteiger partial charge in [0.2, 0.25) is 0 Å². The molecule has 2 fully saturated rings. The van der Waals surface area contributed by atoms with Crippen molar-refractivity contribution in [3.8, 4) is 0 Å². The van der Waals surface area contributed by atoms with E-state index >= 15 is 0 Å². The molecule has 126 valence electrons. The lowest BCUT2D eigenvalue weighted by Crippen LogP contribution is -2.61. The van der Waals surface area contributed by atoms with Crippen molar-refractivity contribution in [1.29, 1.82) is 0 Å². The highest BCUT2D eigenvalue weighted by Gasteiger charge is 2.42. The molecule has 1 aromatic rings. The van der Waals surface area contributed by atoms with Crippen LogP contribution in [0.3, 0.4) is 0 Å². The summed E-state index contributed by atoms with van der Waals surface area (Å²) in [6.45, 7) is 2.05. The molecule has 8 heteroatoms. The molecule has 0 aromatic carbocycles. The van der Waals surface area contributed by atoms with Crippen LogP contribution in [0.15, 0.2) is 18.3 Å². The Hall–Kier alpha value is -1.67. The molecule has 0 N–H and O–H groups in total. The first-order chi connectivity index (χ1) is 10.9. The van der Waals surface area contributed by atoms with Gasteiger partial charge in [0.25, 0.3) is 5.91 Å². The second-order valence-corrected chi connectivity index (χ2v) is 5.92. The summed E-state index contributed by atoms with van der Waals surface area (Å²) in [7, 11) is 1.93. The number of carbonyl (C=O) groups excluding carboxylic acids is 1. The number of likely N-dealkylation sites (N-methyl/N-ethyl adjacent to an activating group) is 1. The van der Waals surface area contributed by atoms with Crippen molar-refractivity contribution in [2.45, 2.75) is 24.7 Å². The Balaban J connectivity index is 1.91. The zero-order valence-electron chi connectivity index (χ0n) is 12.7. The monoisotopic (exact) mass is 329 g/mol. The number of morpholine rings is 1. The van der Waals surface area contributed by atoms with Crippen molar-refractivity contribution in [3.63, 3.8) is 0 Å². The van der Waals surface area contributed by atoms with Crippen molar-refractivity contribution < 1.29 is 22.7 Å². The largest absolute Gasteiger partial charge is 0.418 e. The number of halogens is 3. The number of alkyl halides is 3. The third kappa shape index (κ3) is 3.18. The second kappa shape index (κ2) is 6.09. The topological polar surface area (TPSA) is 45.7 Å². The predicted molar refractivity (Wildman–Crippen MR) is 75.9 cm³/mol. The van der Waals surface area contributed by atoms with E-state index in [0.29, 0.717) is 13.2 Å². The predicted octanol–water partition coefficient (Wildman–Crippen LogP) is 1.65. The summed E-state index contributed by atoms with van der Waals surface area (Å²) in [4.78, 5) is 20.0. The van der Waals surface area contributed by atoms with Gasteiger partial charge in [0.15, 0.2) is 0 Å². The lowest BCUT2D eigenvalue weighted by molar-refractivity contribution is -0.138. The molecule has 0 aliphatic carbocycles. The van der Waals surface area contributed by atoms with E-state index in [1.54, 1.807) is 0 Å². The van der Waals surface area contributed by atoms with E-state index in [4.69, 9.17) is 4.74 Å². The molecule has 2 aliphatic heterocycles. The van der Waals surface area contributed by atoms with Gasteiger partial charge in [0, 0.05) is 25.8 Å². The summed E-state index contributed by atoms with van der Waals surface area (Å²) >= 11 is 0. The van der Waals surface area contributed by atoms with Crippen molar-refractivity contribution in [2.24, 2.45) is 0 Å². The highest BCUT2D eigenvalue weighted by Crippen LogP contribution is 2.32. The van der Waals surface area contributed by atoms with Gasteiger partial charge in [-0.25, -0.2) is 0 Å². The standard InChI is InChI=1S/C15H18F3N3O2/c1-20-6-4-12-11(9-20)21(7-8-23-12)14(22)13-10(15(16,17)18)3-2-5-19-13/h2-3,5,11-12H,4,6-9H2,1H3. The number of carbonyl (C=O) groups is 1. The van der Waals surface area contributed by atoms with Gasteiger partial charge in [-0.05, 0) is 25.6 Å². The van der Waals surface area contributed by atoms with Crippen LogP contribution in [0.1, 0.15) is 22.5 Å². The molecule has 3 heterocycles. The first-order valence-electron chi connectivity index (χ1n) is 7.51. The third-order valence-corrected chi connectivity index (χ3v) is 4.36. The molecule has 1 aromatic heterocycles. The Labute approximate surface area is 132 Å². The average molecular weight is 329 g/mol. The normalized spacial score (nSPS) is 26.0. The fourth-order valence-electron chi connectivity index (χ4n) is 3.22. The number of nitrogens with zero attached hydrogens (tertiary/aromatic N) is 3. The van der Waals surface area contributed by atoms with Crippen LogP contribution in [-0.2, 0) is 10.9 Å². The maximum atomic E-state index is 13.1. The lowest BCUT2D eigenvalue weighted by atomic mass is 9.98. The van der Waals surface area contributed by atoms with Gasteiger partial charge in [0.1, 0.15) is 5.69 Å². The van der Waals surface area contributed by atoms with Crippen LogP contribution in [0.5, 0.6) is 0 Å². The van der Waals surface area contributed by atoms with Crippen molar-refractivity contribution in [1.82, 2.24) is 14.8 Å². The number of piperidine rings is 1. The van der Waals surface area contributed by atoms with Gasteiger partial charge in [-0.2, -0.15) is 13.2 Å². The van der Waals surface area contributed by atoms with Crippen LogP contribution in [0.25, 0.3) is 0 Å². The number of hydrogen-bond acceptors (Lipinski definition) is 4. The average Bonchev–Trinajstić information content (AvgIpc) is 2.53. The third-order valence-electron chi connectivity index (χ3n) is 4.36. The van der Waals surface area contributed by atoms with E-state index in [1.165, 1.54) is 17.2 Å². The number of aromatic nitrogens is 1. The van der Waals surface area contributed by atoms with Gasteiger partial charge >= 0.3 is 6.18 Å². The van der Waals surface area contributed by atoms with E-state index in [0.717, 1.165) is 19.0 Å². The van der Waals surface area contributed by atoms with Gasteiger partial charge < -0.3 is 14.5 Å². The molecule has 0 bridgehead atoms. The minimum absolute atomic E-state index is 0.123. The SMILES string of the molecule is CN1CCC2OCCN(C(=O)c3ncccc3C(F)(F)F)C2C1. The zero-order valence-corrected chi connectivity index (χ0v) is 12.7. The maximum absolute atomic E-state index is 13.1. The molecule has 5 nitrogen and oxygen atoms in total. The fraction of sp³-hybridized carbons (Fsp3) is 0.600. The second-order valence-electron chi connectivity index (χ2n) is 5.92. The molecular formula is C15H18F3N3O2. The van der Waals surface area contributed by atoms with Crippen LogP contribution >= 0.6 is 0 Å². The highest BCUT2D eigenvalue weighted by molar-refractivity contribution is 5.94. The Kier molecular flexibility index (Phi) is 4.29. The number of likely N-dealkylation sites (tertiary alicyclic amines) is 1. The minimum atomic E-state index is -4.60. The molecule has 2 saturated heterocycles. The van der Waals surface area contributed by atoms with E-state index < -0.39 is 23.3 Å². The number of pyridine rings is 1. The number of rotatable bonds is 1. The quantitative estimate of drug-likeness (QED) is 0.786. The molecule has 2 atom stereocenters. The van der Waals surface area contributed by atoms with Crippen LogP contribution in [0.4, 0.5) is 13.2 Å². The number of hydrogen-bond donors (Lipinski definition) is 0. The van der Waals surface area contributed by atoms with Crippen LogP contribution in [-0.4, -0.2) is 66.1 Å². The summed E-state index contributed by atoms with van der Waals surface area (Å²) in [6, 6.07) is 1.85. The smallest absolute Gasteiger partial charge is 0.374 e. The molecule has 2 unspecified atom stereocenters. The van der Waals surface area contributed by atoms with Crippen LogP contribution in [0.2, 0.25) is 0 Å². The minimum Gasteiger partial charge on any atom is -0.374 e. The molecule has 0 radical (unpaired) electrons. The molecular weight excluding hydrogens is 311 g/mol. The van der Waals surface area contributed by atoms with Gasteiger partial charge in [-0.3, -0.25) is 9.78 Å². The van der Waals surface area contributed by atoms with Gasteiger partial charge in [-0.1, -0.05) is 0 Å². The van der Waals surface area contributed by atoms with Crippen LogP contribution < -0.4 is 0 Å². The van der Waals surface area contributed by atoms with Crippen molar-refractivity contribution in [3.05, 3.63) is 29.6 Å². The summed E-state index contributed by atoms with van der Waals surface area (Å²) < 4.78 is 45.1. The molecule has 23 heavy (non-hydrogen) atoms. The zero-order chi connectivity index (χ0) is 16.6. The van der Waals surface area contributed by atoms with E-state index in [1.807, 2.05) is 7.05 Å². The number of amides is 1. The molecule has 2 aliphatic rings. The van der Waals surface area contributed by atoms with E-state index in [-0.39, 0.29) is 18.7 Å². The summed E-state index contributed by atoms with van der Waals surface area (Å²) in [5.41, 5.74) is -1.52. The Morgan fingerprint density at radius 2 is 2.17 bits per heavy atom. The van der Waals surface area contributed by atoms with Gasteiger partial charge in [0.05, 0.1) is 24.3 Å². The molecule has 3 rings (SSSR count). The van der Waals surface area contributed by atoms with Gasteiger partial charge in [-0.15, -0.1) is 0 Å². The summed E-state index contributed by atoms with van der Waals surface area (Å²) in [5, 5.41) is 0. The fourth-order valence-corrected chi connectivity index (χ4v) is 3.22. The summed E-state index contributed by atoms with van der Waals surface area (Å²) in [6.07, 6.45) is -2.75. The highest BCUT2D eigenvalue weighted by atomic mass is 19.4. The summed E-state index contributed by atoms with van der Waals surface area (Å²) in [5.74, 6) is -0.675. The Morgan fingerprint density at radius 3 is 2.91 bits per heavy atom. The lowest BCUT2D eigenvalue weighted by Gasteiger charge is -2.46. The molecule has 1 amide bonds. The number of fused-ring (bicyclic) bond motifs is 1. The first kappa shape index (κ1) is 16.2. The van der Waals surface area contributed by atoms with Crippen molar-refractivity contribution >= 4 is 5.91 Å². The van der Waals surface area contributed by atoms with E-state index in [2.05, 4.69) is 9.88 Å². The Bertz CT molecular complexity index is 594. The van der Waals surface area contributed by atoms with E-state index in [9.17, 15) is 18.0 Å². The number of ether oxygens (including phenoxy) is 1. The molecule has 0 saturated carbocycles. The van der Waals surface area contributed by atoms with Crippen LogP contribution in [0, 0.1) is 0 Å². The first-order valence-corrected chi connectivity index (χ1v) is 7.51. The Morgan fingerprint density at radius 1 is 1.39 bits per heavy atom. The van der Waals surface area contributed by atoms with Crippen molar-refractivity contribution in [2.75, 3.05) is 33.3 Å². The molecule has 0 spiro atoms.